The zero-order chi connectivity index (χ0) is 48.0. The molecule has 0 bridgehead atoms. The molecule has 0 aliphatic heterocycles. The van der Waals surface area contributed by atoms with E-state index in [1.807, 2.05) is 42.5 Å². The van der Waals surface area contributed by atoms with Crippen molar-refractivity contribution in [1.82, 2.24) is 21.3 Å². The fourth-order valence-electron chi connectivity index (χ4n) is 7.89. The fraction of sp³-hybridized carbons (Fsp3) is 0.630. The molecule has 0 aliphatic rings. The van der Waals surface area contributed by atoms with E-state index in [4.69, 9.17) is 20.9 Å². The van der Waals surface area contributed by atoms with Gasteiger partial charge in [-0.15, -0.1) is 13.2 Å². The molecule has 2 aromatic rings. The van der Waals surface area contributed by atoms with Gasteiger partial charge in [0.25, 0.3) is 11.8 Å². The lowest BCUT2D eigenvalue weighted by Crippen LogP contribution is -2.48. The molecule has 12 heteroatoms. The van der Waals surface area contributed by atoms with Gasteiger partial charge in [-0.3, -0.25) is 19.2 Å². The largest absolute Gasteiger partial charge is 0.483 e. The molecule has 0 fully saturated rings. The number of unbranched alkanes of at least 4 members (excludes halogenated alkanes) is 16. The summed E-state index contributed by atoms with van der Waals surface area (Å²) >= 11 is 0. The van der Waals surface area contributed by atoms with Crippen LogP contribution in [0.5, 0.6) is 11.5 Å². The Morgan fingerprint density at radius 2 is 1.02 bits per heavy atom. The van der Waals surface area contributed by atoms with Gasteiger partial charge in [-0.05, 0) is 118 Å². The summed E-state index contributed by atoms with van der Waals surface area (Å²) in [5.74, 6) is -0.157. The lowest BCUT2D eigenvalue weighted by atomic mass is 9.97. The fourth-order valence-corrected chi connectivity index (χ4v) is 7.89. The van der Waals surface area contributed by atoms with Crippen LogP contribution < -0.4 is 42.2 Å². The average Bonchev–Trinajstić information content (AvgIpc) is 3.31. The molecule has 0 saturated carbocycles. The van der Waals surface area contributed by atoms with E-state index in [9.17, 15) is 19.2 Å². The van der Waals surface area contributed by atoms with E-state index < -0.39 is 23.9 Å². The molecule has 2 rings (SSSR count). The van der Waals surface area contributed by atoms with Crippen molar-refractivity contribution < 1.29 is 28.7 Å². The van der Waals surface area contributed by atoms with Crippen molar-refractivity contribution in [3.8, 4) is 22.6 Å². The van der Waals surface area contributed by atoms with Gasteiger partial charge >= 0.3 is 0 Å². The van der Waals surface area contributed by atoms with Crippen LogP contribution >= 0.6 is 0 Å². The van der Waals surface area contributed by atoms with Crippen molar-refractivity contribution >= 4 is 23.6 Å². The number of benzene rings is 2. The number of carbonyl (C=O) groups is 4. The number of amides is 4. The third-order valence-corrected chi connectivity index (χ3v) is 11.7. The third-order valence-electron chi connectivity index (χ3n) is 11.7. The van der Waals surface area contributed by atoms with E-state index in [-0.39, 0.29) is 25.0 Å². The third kappa shape index (κ3) is 25.3. The van der Waals surface area contributed by atoms with Crippen molar-refractivity contribution in [3.05, 3.63) is 72.8 Å². The van der Waals surface area contributed by atoms with Gasteiger partial charge in [0.05, 0.1) is 0 Å². The van der Waals surface area contributed by atoms with Crippen LogP contribution in [0.25, 0.3) is 11.1 Å². The first-order valence-corrected chi connectivity index (χ1v) is 25.5. The topological polar surface area (TPSA) is 187 Å². The molecular formula is C54H88N6O6. The lowest BCUT2D eigenvalue weighted by molar-refractivity contribution is -0.130. The minimum atomic E-state index is -0.684. The van der Waals surface area contributed by atoms with Crippen molar-refractivity contribution in [3.63, 3.8) is 0 Å². The second-order valence-corrected chi connectivity index (χ2v) is 17.6. The Bertz CT molecular complexity index is 1680. The van der Waals surface area contributed by atoms with Crippen molar-refractivity contribution in [1.29, 1.82) is 0 Å². The molecule has 2 atom stereocenters. The van der Waals surface area contributed by atoms with Crippen LogP contribution in [0.2, 0.25) is 0 Å². The van der Waals surface area contributed by atoms with Gasteiger partial charge in [-0.2, -0.15) is 0 Å². The molecule has 66 heavy (non-hydrogen) atoms. The van der Waals surface area contributed by atoms with E-state index in [2.05, 4.69) is 48.3 Å². The standard InChI is InChI=1S/C54H88N6O6/c1-5-9-11-13-15-17-19-25-37-57-53(63)47(29-21-23-35-55)59-51(61)41-65-49-34-32-44(40-45(49)28-8-4)46-39-43(27-7-3)31-33-50(46)66-42-52(62)60-48(30-22-24-36-56)54(64)58-38-26-20-18-16-14-12-10-6-2/h7-8,31-34,39-40,47-48H,3-6,9-30,35-38,41-42,55-56H2,1-2H3,(H,57,63)(H,58,64)(H,59,61)(H,60,62). The molecule has 370 valence electrons. The van der Waals surface area contributed by atoms with Crippen molar-refractivity contribution in [2.45, 2.75) is 180 Å². The van der Waals surface area contributed by atoms with Gasteiger partial charge in [-0.25, -0.2) is 0 Å². The highest BCUT2D eigenvalue weighted by Gasteiger charge is 2.23. The lowest BCUT2D eigenvalue weighted by Gasteiger charge is -2.20. The van der Waals surface area contributed by atoms with Gasteiger partial charge in [0.2, 0.25) is 11.8 Å². The van der Waals surface area contributed by atoms with E-state index >= 15 is 0 Å². The second kappa shape index (κ2) is 37.4. The van der Waals surface area contributed by atoms with E-state index in [1.54, 1.807) is 6.08 Å². The Kier molecular flexibility index (Phi) is 32.6. The van der Waals surface area contributed by atoms with E-state index in [0.717, 1.165) is 80.0 Å². The maximum absolute atomic E-state index is 13.4. The van der Waals surface area contributed by atoms with E-state index in [1.165, 1.54) is 64.2 Å². The summed E-state index contributed by atoms with van der Waals surface area (Å²) in [6.45, 7) is 13.9. The zero-order valence-electron chi connectivity index (χ0n) is 41.0. The molecule has 4 amide bonds. The van der Waals surface area contributed by atoms with Gasteiger partial charge < -0.3 is 42.2 Å². The normalized spacial score (nSPS) is 11.9. The summed E-state index contributed by atoms with van der Waals surface area (Å²) in [6, 6.07) is 10.1. The van der Waals surface area contributed by atoms with E-state index in [0.29, 0.717) is 69.8 Å². The summed E-state index contributed by atoms with van der Waals surface area (Å²) < 4.78 is 12.3. The molecule has 0 heterocycles. The monoisotopic (exact) mass is 917 g/mol. The maximum Gasteiger partial charge on any atom is 0.258 e. The van der Waals surface area contributed by atoms with Crippen LogP contribution in [-0.2, 0) is 32.0 Å². The summed E-state index contributed by atoms with van der Waals surface area (Å²) in [7, 11) is 0. The average molecular weight is 917 g/mol. The van der Waals surface area contributed by atoms with Gasteiger partial charge in [0, 0.05) is 18.7 Å². The number of hydrogen-bond acceptors (Lipinski definition) is 8. The molecule has 12 nitrogen and oxygen atoms in total. The minimum Gasteiger partial charge on any atom is -0.483 e. The van der Waals surface area contributed by atoms with Gasteiger partial charge in [0.1, 0.15) is 23.6 Å². The Morgan fingerprint density at radius 1 is 0.561 bits per heavy atom. The van der Waals surface area contributed by atoms with Gasteiger partial charge in [-0.1, -0.05) is 128 Å². The highest BCUT2D eigenvalue weighted by Crippen LogP contribution is 2.35. The minimum absolute atomic E-state index is 0.189. The Balaban J connectivity index is 2.10. The number of allylic oxidation sites excluding steroid dienone is 2. The molecular weight excluding hydrogens is 829 g/mol. The molecule has 0 aliphatic carbocycles. The summed E-state index contributed by atoms with van der Waals surface area (Å²) in [4.78, 5) is 53.0. The summed E-state index contributed by atoms with van der Waals surface area (Å²) in [5.41, 5.74) is 14.9. The van der Waals surface area contributed by atoms with Crippen molar-refractivity contribution in [2.75, 3.05) is 39.4 Å². The number of nitrogens with two attached hydrogens (primary N) is 2. The predicted octanol–water partition coefficient (Wildman–Crippen LogP) is 9.31. The molecule has 0 aromatic heterocycles. The number of nitrogens with one attached hydrogen (secondary N) is 4. The second-order valence-electron chi connectivity index (χ2n) is 17.6. The first-order chi connectivity index (χ1) is 32.2. The quantitative estimate of drug-likeness (QED) is 0.0281. The Hall–Kier alpha value is -4.68. The molecule has 2 aromatic carbocycles. The van der Waals surface area contributed by atoms with Crippen LogP contribution in [0, 0.1) is 0 Å². The molecule has 0 spiro atoms. The zero-order valence-corrected chi connectivity index (χ0v) is 41.0. The molecule has 0 saturated heterocycles. The Morgan fingerprint density at radius 3 is 1.48 bits per heavy atom. The highest BCUT2D eigenvalue weighted by atomic mass is 16.5. The maximum atomic E-state index is 13.4. The highest BCUT2D eigenvalue weighted by molar-refractivity contribution is 5.89. The first kappa shape index (κ1) is 57.4. The Labute approximate surface area is 398 Å². The smallest absolute Gasteiger partial charge is 0.258 e. The number of rotatable bonds is 41. The van der Waals surface area contributed by atoms with Crippen LogP contribution in [0.1, 0.15) is 166 Å². The SMILES string of the molecule is C=CCc1ccc(OCC(=O)NC(CCCCN)C(=O)NCCCCCCCCCC)c(-c2ccc(OCC(=O)NC(CCCCN)C(=O)NCCCCCCCCCC)c(CC=C)c2)c1. The first-order valence-electron chi connectivity index (χ1n) is 25.5. The van der Waals surface area contributed by atoms with Crippen LogP contribution in [0.15, 0.2) is 61.7 Å². The van der Waals surface area contributed by atoms with Crippen molar-refractivity contribution in [2.24, 2.45) is 11.5 Å². The number of ether oxygens (including phenoxy) is 2. The van der Waals surface area contributed by atoms with Crippen LogP contribution in [0.4, 0.5) is 0 Å². The number of carbonyl (C=O) groups excluding carboxylic acids is 4. The summed E-state index contributed by atoms with van der Waals surface area (Å²) in [6.07, 6.45) is 27.5. The number of hydrogen-bond donors (Lipinski definition) is 6. The van der Waals surface area contributed by atoms with Crippen LogP contribution in [-0.4, -0.2) is 75.1 Å². The molecule has 8 N–H and O–H groups in total. The van der Waals surface area contributed by atoms with Crippen LogP contribution in [0.3, 0.4) is 0 Å². The summed E-state index contributed by atoms with van der Waals surface area (Å²) in [5, 5.41) is 11.9. The molecule has 2 unspecified atom stereocenters. The predicted molar refractivity (Wildman–Crippen MR) is 272 cm³/mol. The molecule has 0 radical (unpaired) electrons. The van der Waals surface area contributed by atoms with Gasteiger partial charge in [0.15, 0.2) is 13.2 Å².